The lowest BCUT2D eigenvalue weighted by Gasteiger charge is -2.38. The fourth-order valence-corrected chi connectivity index (χ4v) is 3.93. The van der Waals surface area contributed by atoms with Crippen LogP contribution in [0.25, 0.3) is 0 Å². The maximum atomic E-state index is 11.7. The third-order valence-electron chi connectivity index (χ3n) is 4.95. The van der Waals surface area contributed by atoms with E-state index in [0.717, 1.165) is 44.4 Å². The van der Waals surface area contributed by atoms with Crippen LogP contribution in [0.4, 0.5) is 4.79 Å². The molecule has 3 heterocycles. The lowest BCUT2D eigenvalue weighted by Crippen LogP contribution is -2.49. The summed E-state index contributed by atoms with van der Waals surface area (Å²) in [5.74, 6) is 0.864. The standard InChI is InChI=1S/C14H25N3O2.2ClH/c1-2-19-14(18)16-6-4-12(5-7-16)17-8-3-11-9-15-10-13(11)17;;/h11-13,15H,2-10H2,1H3;2*1H/t11-,13+;;/m0../s1. The van der Waals surface area contributed by atoms with Crippen LogP contribution in [0.2, 0.25) is 0 Å². The number of likely N-dealkylation sites (tertiary alicyclic amines) is 2. The fourth-order valence-electron chi connectivity index (χ4n) is 3.93. The molecule has 3 fully saturated rings. The molecule has 0 bridgehead atoms. The molecule has 0 radical (unpaired) electrons. The van der Waals surface area contributed by atoms with Crippen molar-refractivity contribution in [3.63, 3.8) is 0 Å². The molecule has 0 spiro atoms. The number of ether oxygens (including phenoxy) is 1. The molecule has 0 aliphatic carbocycles. The fraction of sp³-hybridized carbons (Fsp3) is 0.929. The molecule has 3 aliphatic rings. The van der Waals surface area contributed by atoms with Crippen LogP contribution in [0.1, 0.15) is 26.2 Å². The van der Waals surface area contributed by atoms with Gasteiger partial charge < -0.3 is 15.0 Å². The number of piperidine rings is 1. The molecule has 5 nitrogen and oxygen atoms in total. The number of carbonyl (C=O) groups is 1. The van der Waals surface area contributed by atoms with E-state index >= 15 is 0 Å². The molecule has 7 heteroatoms. The van der Waals surface area contributed by atoms with Gasteiger partial charge in [0.2, 0.25) is 0 Å². The highest BCUT2D eigenvalue weighted by Crippen LogP contribution is 2.32. The van der Waals surface area contributed by atoms with Crippen molar-refractivity contribution in [2.75, 3.05) is 39.3 Å². The summed E-state index contributed by atoms with van der Waals surface area (Å²) in [6, 6.07) is 1.42. The van der Waals surface area contributed by atoms with Crippen LogP contribution in [0, 0.1) is 5.92 Å². The van der Waals surface area contributed by atoms with Crippen molar-refractivity contribution in [2.45, 2.75) is 38.3 Å². The van der Waals surface area contributed by atoms with Crippen molar-refractivity contribution in [1.82, 2.24) is 15.1 Å². The van der Waals surface area contributed by atoms with Crippen LogP contribution in [0.5, 0.6) is 0 Å². The lowest BCUT2D eigenvalue weighted by molar-refractivity contribution is 0.0711. The molecule has 0 unspecified atom stereocenters. The van der Waals surface area contributed by atoms with Gasteiger partial charge in [-0.25, -0.2) is 4.79 Å². The number of halogens is 2. The van der Waals surface area contributed by atoms with Gasteiger partial charge >= 0.3 is 6.09 Å². The Bertz CT molecular complexity index is 338. The molecule has 1 N–H and O–H groups in total. The van der Waals surface area contributed by atoms with E-state index in [1.54, 1.807) is 0 Å². The Kier molecular flexibility index (Phi) is 7.54. The maximum Gasteiger partial charge on any atom is 0.409 e. The second kappa shape index (κ2) is 8.42. The minimum atomic E-state index is -0.136. The summed E-state index contributed by atoms with van der Waals surface area (Å²) in [7, 11) is 0. The molecule has 2 atom stereocenters. The Balaban J connectivity index is 0.00000110. The number of nitrogens with zero attached hydrogens (tertiary/aromatic N) is 2. The minimum Gasteiger partial charge on any atom is -0.450 e. The third kappa shape index (κ3) is 3.95. The van der Waals surface area contributed by atoms with E-state index in [0.29, 0.717) is 12.6 Å². The highest BCUT2D eigenvalue weighted by Gasteiger charge is 2.41. The molecule has 0 aromatic heterocycles. The van der Waals surface area contributed by atoms with Gasteiger partial charge in [0.15, 0.2) is 0 Å². The first-order valence-corrected chi connectivity index (χ1v) is 7.67. The maximum absolute atomic E-state index is 11.7. The SMILES string of the molecule is CCOC(=O)N1CCC(N2CC[C@H]3CNC[C@H]32)CC1.Cl.Cl. The van der Waals surface area contributed by atoms with Crippen molar-refractivity contribution in [3.8, 4) is 0 Å². The molecule has 0 aromatic carbocycles. The summed E-state index contributed by atoms with van der Waals surface area (Å²) >= 11 is 0. The van der Waals surface area contributed by atoms with Gasteiger partial charge in [-0.3, -0.25) is 4.90 Å². The Morgan fingerprint density at radius 3 is 2.52 bits per heavy atom. The summed E-state index contributed by atoms with van der Waals surface area (Å²) in [6.45, 7) is 7.64. The zero-order valence-electron chi connectivity index (χ0n) is 12.6. The second-order valence-electron chi connectivity index (χ2n) is 5.93. The number of carbonyl (C=O) groups excluding carboxylic acids is 1. The Labute approximate surface area is 139 Å². The lowest BCUT2D eigenvalue weighted by atomic mass is 10.0. The molecular weight excluding hydrogens is 313 g/mol. The van der Waals surface area contributed by atoms with Gasteiger partial charge in [-0.05, 0) is 45.2 Å². The van der Waals surface area contributed by atoms with Gasteiger partial charge in [0, 0.05) is 31.7 Å². The van der Waals surface area contributed by atoms with E-state index in [1.165, 1.54) is 19.5 Å². The largest absolute Gasteiger partial charge is 0.450 e. The average molecular weight is 340 g/mol. The summed E-state index contributed by atoms with van der Waals surface area (Å²) in [5, 5.41) is 3.51. The number of nitrogens with one attached hydrogen (secondary N) is 1. The molecule has 124 valence electrons. The molecule has 1 amide bonds. The predicted molar refractivity (Wildman–Crippen MR) is 87.6 cm³/mol. The van der Waals surface area contributed by atoms with E-state index in [2.05, 4.69) is 10.2 Å². The summed E-state index contributed by atoms with van der Waals surface area (Å²) in [5.41, 5.74) is 0. The summed E-state index contributed by atoms with van der Waals surface area (Å²) in [6.07, 6.45) is 3.41. The molecule has 21 heavy (non-hydrogen) atoms. The van der Waals surface area contributed by atoms with Gasteiger partial charge in [-0.15, -0.1) is 24.8 Å². The van der Waals surface area contributed by atoms with E-state index in [4.69, 9.17) is 4.74 Å². The average Bonchev–Trinajstić information content (AvgIpc) is 3.01. The van der Waals surface area contributed by atoms with Gasteiger partial charge in [0.1, 0.15) is 0 Å². The second-order valence-corrected chi connectivity index (χ2v) is 5.93. The molecule has 3 rings (SSSR count). The van der Waals surface area contributed by atoms with Crippen LogP contribution in [0.3, 0.4) is 0 Å². The summed E-state index contributed by atoms with van der Waals surface area (Å²) < 4.78 is 5.07. The molecular formula is C14H27Cl2N3O2. The first-order valence-electron chi connectivity index (χ1n) is 7.67. The van der Waals surface area contributed by atoms with Crippen molar-refractivity contribution < 1.29 is 9.53 Å². The first kappa shape index (κ1) is 18.8. The number of amides is 1. The third-order valence-corrected chi connectivity index (χ3v) is 4.95. The number of hydrogen-bond donors (Lipinski definition) is 1. The van der Waals surface area contributed by atoms with Crippen LogP contribution >= 0.6 is 24.8 Å². The van der Waals surface area contributed by atoms with Gasteiger partial charge in [-0.1, -0.05) is 0 Å². The highest BCUT2D eigenvalue weighted by molar-refractivity contribution is 5.85. The quantitative estimate of drug-likeness (QED) is 0.832. The highest BCUT2D eigenvalue weighted by atomic mass is 35.5. The molecule has 0 aromatic rings. The minimum absolute atomic E-state index is 0. The molecule has 3 aliphatic heterocycles. The molecule has 0 saturated carbocycles. The van der Waals surface area contributed by atoms with Crippen LogP contribution < -0.4 is 5.32 Å². The number of fused-ring (bicyclic) bond motifs is 1. The Morgan fingerprint density at radius 2 is 1.86 bits per heavy atom. The van der Waals surface area contributed by atoms with Crippen LogP contribution in [-0.2, 0) is 4.74 Å². The monoisotopic (exact) mass is 339 g/mol. The first-order chi connectivity index (χ1) is 9.29. The molecule has 3 saturated heterocycles. The van der Waals surface area contributed by atoms with Crippen LogP contribution in [0.15, 0.2) is 0 Å². The van der Waals surface area contributed by atoms with Crippen molar-refractivity contribution >= 4 is 30.9 Å². The smallest absolute Gasteiger partial charge is 0.409 e. The van der Waals surface area contributed by atoms with E-state index in [-0.39, 0.29) is 30.9 Å². The van der Waals surface area contributed by atoms with Crippen LogP contribution in [-0.4, -0.2) is 67.3 Å². The normalized spacial score (nSPS) is 29.5. The van der Waals surface area contributed by atoms with E-state index < -0.39 is 0 Å². The Hall–Kier alpha value is -0.230. The van der Waals surface area contributed by atoms with Gasteiger partial charge in [0.05, 0.1) is 6.61 Å². The number of rotatable bonds is 2. The van der Waals surface area contributed by atoms with Gasteiger partial charge in [0.25, 0.3) is 0 Å². The zero-order chi connectivity index (χ0) is 13.2. The Morgan fingerprint density at radius 1 is 1.14 bits per heavy atom. The van der Waals surface area contributed by atoms with E-state index in [1.807, 2.05) is 11.8 Å². The number of hydrogen-bond acceptors (Lipinski definition) is 4. The predicted octanol–water partition coefficient (Wildman–Crippen LogP) is 1.74. The van der Waals surface area contributed by atoms with Gasteiger partial charge in [-0.2, -0.15) is 0 Å². The van der Waals surface area contributed by atoms with Crippen molar-refractivity contribution in [3.05, 3.63) is 0 Å². The van der Waals surface area contributed by atoms with E-state index in [9.17, 15) is 4.79 Å². The van der Waals surface area contributed by atoms with Crippen molar-refractivity contribution in [1.29, 1.82) is 0 Å². The summed E-state index contributed by atoms with van der Waals surface area (Å²) in [4.78, 5) is 16.3. The van der Waals surface area contributed by atoms with Crippen molar-refractivity contribution in [2.24, 2.45) is 5.92 Å². The zero-order valence-corrected chi connectivity index (χ0v) is 14.3. The topological polar surface area (TPSA) is 44.8 Å².